The Labute approximate surface area is 124 Å². The Balaban J connectivity index is 0.00000180. The van der Waals surface area contributed by atoms with Crippen LogP contribution in [0.1, 0.15) is 18.7 Å². The Kier molecular flexibility index (Phi) is 6.49. The van der Waals surface area contributed by atoms with E-state index in [0.717, 1.165) is 32.7 Å². The van der Waals surface area contributed by atoms with Crippen LogP contribution in [0.25, 0.3) is 0 Å². The lowest BCUT2D eigenvalue weighted by atomic mass is 10.1. The van der Waals surface area contributed by atoms with E-state index in [-0.39, 0.29) is 18.5 Å². The Morgan fingerprint density at radius 1 is 1.58 bits per heavy atom. The summed E-state index contributed by atoms with van der Waals surface area (Å²) in [5.74, 6) is 0. The lowest BCUT2D eigenvalue weighted by Crippen LogP contribution is -2.52. The molecule has 19 heavy (non-hydrogen) atoms. The molecule has 1 fully saturated rings. The lowest BCUT2D eigenvalue weighted by Gasteiger charge is -2.40. The van der Waals surface area contributed by atoms with Crippen LogP contribution < -0.4 is 5.73 Å². The zero-order valence-corrected chi connectivity index (χ0v) is 13.1. The molecular formula is C12H23ClN4OS. The highest BCUT2D eigenvalue weighted by atomic mass is 35.5. The molecule has 1 aromatic rings. The number of anilines is 1. The van der Waals surface area contributed by atoms with Gasteiger partial charge in [0.15, 0.2) is 5.13 Å². The van der Waals surface area contributed by atoms with Crippen LogP contribution >= 0.6 is 23.7 Å². The van der Waals surface area contributed by atoms with Gasteiger partial charge < -0.3 is 10.8 Å². The van der Waals surface area contributed by atoms with E-state index in [1.54, 1.807) is 11.3 Å². The molecule has 110 valence electrons. The van der Waals surface area contributed by atoms with Crippen LogP contribution in [-0.2, 0) is 6.54 Å². The summed E-state index contributed by atoms with van der Waals surface area (Å²) in [5.41, 5.74) is 5.65. The van der Waals surface area contributed by atoms with Gasteiger partial charge in [0.05, 0.1) is 6.10 Å². The number of β-amino-alcohol motifs (C(OH)–C–C–N with tert-alkyl or cyclic N) is 1. The first-order valence-electron chi connectivity index (χ1n) is 6.39. The van der Waals surface area contributed by atoms with Gasteiger partial charge in [-0.25, -0.2) is 4.98 Å². The number of nitrogens with two attached hydrogens (primary N) is 1. The predicted molar refractivity (Wildman–Crippen MR) is 81.8 cm³/mol. The van der Waals surface area contributed by atoms with Gasteiger partial charge in [-0.2, -0.15) is 0 Å². The first-order chi connectivity index (χ1) is 8.54. The number of aliphatic hydroxyl groups excluding tert-OH is 1. The third-order valence-electron chi connectivity index (χ3n) is 3.30. The maximum atomic E-state index is 9.42. The van der Waals surface area contributed by atoms with Gasteiger partial charge in [0.1, 0.15) is 0 Å². The highest BCUT2D eigenvalue weighted by molar-refractivity contribution is 7.15. The molecule has 3 N–H and O–H groups in total. The van der Waals surface area contributed by atoms with Crippen molar-refractivity contribution in [2.24, 2.45) is 0 Å². The van der Waals surface area contributed by atoms with Crippen LogP contribution in [-0.4, -0.2) is 58.2 Å². The van der Waals surface area contributed by atoms with Crippen molar-refractivity contribution in [2.45, 2.75) is 32.5 Å². The van der Waals surface area contributed by atoms with Crippen LogP contribution in [0.4, 0.5) is 5.13 Å². The van der Waals surface area contributed by atoms with Gasteiger partial charge >= 0.3 is 0 Å². The molecule has 0 spiro atoms. The Morgan fingerprint density at radius 2 is 2.32 bits per heavy atom. The minimum atomic E-state index is -0.245. The van der Waals surface area contributed by atoms with Crippen LogP contribution in [0.2, 0.25) is 0 Å². The van der Waals surface area contributed by atoms with Gasteiger partial charge in [-0.3, -0.25) is 9.80 Å². The molecule has 0 aromatic carbocycles. The van der Waals surface area contributed by atoms with Crippen molar-refractivity contribution >= 4 is 28.9 Å². The van der Waals surface area contributed by atoms with Crippen LogP contribution in [0.5, 0.6) is 0 Å². The van der Waals surface area contributed by atoms with Crippen molar-refractivity contribution in [1.29, 1.82) is 0 Å². The predicted octanol–water partition coefficient (Wildman–Crippen LogP) is 1.03. The Bertz CT molecular complexity index is 388. The van der Waals surface area contributed by atoms with Crippen molar-refractivity contribution in [1.82, 2.24) is 14.8 Å². The average molecular weight is 307 g/mol. The summed E-state index contributed by atoms with van der Waals surface area (Å²) >= 11 is 1.57. The molecule has 5 nitrogen and oxygen atoms in total. The SMILES string of the molecule is CC(O)CN1CCN(Cc2cnc(N)s2)C(C)C1.Cl. The largest absolute Gasteiger partial charge is 0.392 e. The second kappa shape index (κ2) is 7.40. The molecule has 0 amide bonds. The summed E-state index contributed by atoms with van der Waals surface area (Å²) < 4.78 is 0. The minimum absolute atomic E-state index is 0. The minimum Gasteiger partial charge on any atom is -0.392 e. The summed E-state index contributed by atoms with van der Waals surface area (Å²) in [6.07, 6.45) is 1.62. The zero-order chi connectivity index (χ0) is 13.1. The molecule has 2 rings (SSSR count). The van der Waals surface area contributed by atoms with E-state index in [0.29, 0.717) is 11.2 Å². The number of piperazine rings is 1. The molecular weight excluding hydrogens is 284 g/mol. The maximum Gasteiger partial charge on any atom is 0.180 e. The molecule has 0 bridgehead atoms. The zero-order valence-electron chi connectivity index (χ0n) is 11.5. The molecule has 2 heterocycles. The highest BCUT2D eigenvalue weighted by Gasteiger charge is 2.24. The smallest absolute Gasteiger partial charge is 0.180 e. The molecule has 1 aliphatic heterocycles. The van der Waals surface area contributed by atoms with Gasteiger partial charge in [-0.05, 0) is 13.8 Å². The topological polar surface area (TPSA) is 65.6 Å². The van der Waals surface area contributed by atoms with Gasteiger partial charge in [0, 0.05) is 49.8 Å². The Morgan fingerprint density at radius 3 is 2.84 bits per heavy atom. The molecule has 7 heteroatoms. The highest BCUT2D eigenvalue weighted by Crippen LogP contribution is 2.19. The molecule has 1 aromatic heterocycles. The Hall–Kier alpha value is -0.400. The van der Waals surface area contributed by atoms with Gasteiger partial charge in [-0.15, -0.1) is 23.7 Å². The van der Waals surface area contributed by atoms with Gasteiger partial charge in [0.2, 0.25) is 0 Å². The number of hydrogen-bond acceptors (Lipinski definition) is 6. The van der Waals surface area contributed by atoms with Crippen molar-refractivity contribution in [3.63, 3.8) is 0 Å². The van der Waals surface area contributed by atoms with Crippen molar-refractivity contribution < 1.29 is 5.11 Å². The summed E-state index contributed by atoms with van der Waals surface area (Å²) in [4.78, 5) is 10.1. The number of nitrogen functional groups attached to an aromatic ring is 1. The van der Waals surface area contributed by atoms with Gasteiger partial charge in [0.25, 0.3) is 0 Å². The number of thiazole rings is 1. The summed E-state index contributed by atoms with van der Waals surface area (Å²) in [5, 5.41) is 10.1. The fourth-order valence-electron chi connectivity index (χ4n) is 2.44. The normalized spacial score (nSPS) is 23.0. The van der Waals surface area contributed by atoms with Crippen molar-refractivity contribution in [3.8, 4) is 0 Å². The standard InChI is InChI=1S/C12H22N4OS.ClH/c1-9-6-15(7-10(2)17)3-4-16(9)8-11-5-14-12(13)18-11;/h5,9-10,17H,3-4,6-8H2,1-2H3,(H2,13,14);1H. The number of nitrogens with zero attached hydrogens (tertiary/aromatic N) is 3. The fourth-order valence-corrected chi connectivity index (χ4v) is 3.15. The summed E-state index contributed by atoms with van der Waals surface area (Å²) in [7, 11) is 0. The van der Waals surface area contributed by atoms with Crippen molar-refractivity contribution in [3.05, 3.63) is 11.1 Å². The van der Waals surface area contributed by atoms with E-state index < -0.39 is 0 Å². The second-order valence-electron chi connectivity index (χ2n) is 5.09. The van der Waals surface area contributed by atoms with Crippen LogP contribution in [0, 0.1) is 0 Å². The van der Waals surface area contributed by atoms with E-state index in [2.05, 4.69) is 21.7 Å². The molecule has 0 saturated carbocycles. The second-order valence-corrected chi connectivity index (χ2v) is 6.24. The molecule has 2 atom stereocenters. The number of aromatic nitrogens is 1. The first kappa shape index (κ1) is 16.7. The van der Waals surface area contributed by atoms with E-state index in [4.69, 9.17) is 5.73 Å². The summed E-state index contributed by atoms with van der Waals surface area (Å²) in [6.45, 7) is 8.84. The molecule has 0 aliphatic carbocycles. The van der Waals surface area contributed by atoms with Gasteiger partial charge in [-0.1, -0.05) is 0 Å². The van der Waals surface area contributed by atoms with E-state index >= 15 is 0 Å². The fraction of sp³-hybridized carbons (Fsp3) is 0.750. The molecule has 1 aliphatic rings. The molecule has 2 unspecified atom stereocenters. The monoisotopic (exact) mass is 306 g/mol. The van der Waals surface area contributed by atoms with E-state index in [9.17, 15) is 5.11 Å². The third kappa shape index (κ3) is 4.89. The number of aliphatic hydroxyl groups is 1. The number of rotatable bonds is 4. The molecule has 0 radical (unpaired) electrons. The van der Waals surface area contributed by atoms with Crippen LogP contribution in [0.3, 0.4) is 0 Å². The molecule has 1 saturated heterocycles. The van der Waals surface area contributed by atoms with E-state index in [1.807, 2.05) is 13.1 Å². The number of hydrogen-bond donors (Lipinski definition) is 2. The lowest BCUT2D eigenvalue weighted by molar-refractivity contribution is 0.0477. The average Bonchev–Trinajstić information content (AvgIpc) is 2.67. The van der Waals surface area contributed by atoms with Crippen molar-refractivity contribution in [2.75, 3.05) is 31.9 Å². The number of halogens is 1. The third-order valence-corrected chi connectivity index (χ3v) is 4.11. The first-order valence-corrected chi connectivity index (χ1v) is 7.21. The van der Waals surface area contributed by atoms with E-state index in [1.165, 1.54) is 4.88 Å². The summed E-state index contributed by atoms with van der Waals surface area (Å²) in [6, 6.07) is 0.501. The maximum absolute atomic E-state index is 9.42. The van der Waals surface area contributed by atoms with Crippen LogP contribution in [0.15, 0.2) is 6.20 Å². The quantitative estimate of drug-likeness (QED) is 0.870.